The number of piperazine rings is 1. The number of anilines is 2. The summed E-state index contributed by atoms with van der Waals surface area (Å²) in [4.78, 5) is 18.1. The Labute approximate surface area is 271 Å². The molecule has 250 valence electrons. The molecule has 4 aromatic rings. The lowest BCUT2D eigenvalue weighted by atomic mass is 9.93. The van der Waals surface area contributed by atoms with E-state index in [1.54, 1.807) is 23.1 Å². The molecule has 3 unspecified atom stereocenters. The first-order valence-corrected chi connectivity index (χ1v) is 16.9. The molecular weight excluding hydrogens is 610 g/mol. The molecule has 0 amide bonds. The first-order valence-electron chi connectivity index (χ1n) is 16.9. The minimum Gasteiger partial charge on any atom is -0.461 e. The maximum absolute atomic E-state index is 17.0. The van der Waals surface area contributed by atoms with Crippen LogP contribution < -0.4 is 20.7 Å². The molecule has 4 aliphatic rings. The predicted octanol–water partition coefficient (Wildman–Crippen LogP) is 6.62. The molecule has 0 radical (unpaired) electrons. The second-order valence-electron chi connectivity index (χ2n) is 12.8. The van der Waals surface area contributed by atoms with E-state index in [1.165, 1.54) is 6.07 Å². The molecule has 3 fully saturated rings. The van der Waals surface area contributed by atoms with Crippen LogP contribution >= 0.6 is 0 Å². The number of nitrogen functional groups attached to an aromatic ring is 1. The maximum Gasteiger partial charge on any atom is 0.319 e. The van der Waals surface area contributed by atoms with Gasteiger partial charge in [-0.25, -0.2) is 22.5 Å². The number of nitrogens with zero attached hydrogens (tertiary/aromatic N) is 5. The quantitative estimate of drug-likeness (QED) is 0.141. The van der Waals surface area contributed by atoms with Crippen LogP contribution in [0.3, 0.4) is 0 Å². The Hall–Kier alpha value is -3.77. The number of ether oxygens (including phenoxy) is 1. The van der Waals surface area contributed by atoms with Crippen LogP contribution in [0.25, 0.3) is 32.9 Å². The normalized spacial score (nSPS) is 23.3. The number of alkyl halides is 2. The van der Waals surface area contributed by atoms with Crippen molar-refractivity contribution in [3.8, 4) is 17.3 Å². The van der Waals surface area contributed by atoms with Crippen LogP contribution in [0.1, 0.15) is 64.1 Å². The van der Waals surface area contributed by atoms with Crippen LogP contribution in [-0.4, -0.2) is 70.3 Å². The van der Waals surface area contributed by atoms with Crippen molar-refractivity contribution in [1.29, 1.82) is 0 Å². The Morgan fingerprint density at radius 2 is 1.81 bits per heavy atom. The maximum atomic E-state index is 17.0. The van der Waals surface area contributed by atoms with Crippen molar-refractivity contribution in [3.05, 3.63) is 47.2 Å². The highest BCUT2D eigenvalue weighted by Gasteiger charge is 2.45. The van der Waals surface area contributed by atoms with Crippen LogP contribution in [0.2, 0.25) is 0 Å². The Morgan fingerprint density at radius 3 is 2.55 bits per heavy atom. The monoisotopic (exact) mass is 651 g/mol. The number of nitrogens with two attached hydrogens (primary N) is 1. The van der Waals surface area contributed by atoms with Crippen molar-refractivity contribution in [1.82, 2.24) is 25.2 Å². The molecule has 2 aromatic carbocycles. The van der Waals surface area contributed by atoms with E-state index < -0.39 is 30.3 Å². The highest BCUT2D eigenvalue weighted by Crippen LogP contribution is 2.43. The number of hydrogen-bond donors (Lipinski definition) is 2. The van der Waals surface area contributed by atoms with Gasteiger partial charge in [0.25, 0.3) is 0 Å². The molecule has 3 N–H and O–H groups in total. The Kier molecular flexibility index (Phi) is 8.36. The second-order valence-corrected chi connectivity index (χ2v) is 12.8. The zero-order chi connectivity index (χ0) is 33.0. The summed E-state index contributed by atoms with van der Waals surface area (Å²) in [5, 5.41) is 3.86. The molecule has 3 atom stereocenters. The molecule has 0 spiro atoms. The number of fused-ring (bicyclic) bond motifs is 4. The topological polar surface area (TPSA) is 92.4 Å². The minimum atomic E-state index is -1.67. The molecule has 0 saturated carbocycles. The molecule has 3 saturated heterocycles. The second kappa shape index (κ2) is 12.4. The van der Waals surface area contributed by atoms with Gasteiger partial charge in [0.05, 0.1) is 29.2 Å². The predicted molar refractivity (Wildman–Crippen MR) is 176 cm³/mol. The Morgan fingerprint density at radius 1 is 1.04 bits per heavy atom. The van der Waals surface area contributed by atoms with Crippen LogP contribution in [-0.2, 0) is 12.8 Å². The first-order chi connectivity index (χ1) is 22.8. The van der Waals surface area contributed by atoms with Gasteiger partial charge in [0.2, 0.25) is 0 Å². The average Bonchev–Trinajstić information content (AvgIpc) is 3.61. The van der Waals surface area contributed by atoms with Gasteiger partial charge < -0.3 is 15.4 Å². The standard InChI is InChI=1S/C33H35F4N7O.C2H6/c1-2-19-21(34)6-5-17-13-18(38)14-20(25(17)19)28-27(36)29-26-22(39-28)7-8-23-30(37)40-24(35)15-44(23)31(26)42-32(41-29)45-16-33-9-3-11-43(33)12-4-10-33;1-2/h5-6,13-14,23-24,30,40H,2-4,7-12,15-16,38H2,1H3;1-2H3. The molecule has 2 aromatic heterocycles. The van der Waals surface area contributed by atoms with Gasteiger partial charge in [0, 0.05) is 11.3 Å². The third-order valence-corrected chi connectivity index (χ3v) is 10.3. The lowest BCUT2D eigenvalue weighted by molar-refractivity contribution is 0.104. The zero-order valence-corrected chi connectivity index (χ0v) is 27.1. The number of nitrogens with one attached hydrogen (secondary N) is 1. The lowest BCUT2D eigenvalue weighted by Crippen LogP contribution is -2.59. The van der Waals surface area contributed by atoms with E-state index in [9.17, 15) is 4.39 Å². The summed E-state index contributed by atoms with van der Waals surface area (Å²) in [6.45, 7) is 8.02. The van der Waals surface area contributed by atoms with Crippen LogP contribution in [0.4, 0.5) is 29.1 Å². The van der Waals surface area contributed by atoms with E-state index in [2.05, 4.69) is 15.2 Å². The molecule has 6 heterocycles. The van der Waals surface area contributed by atoms with Gasteiger partial charge in [-0.15, -0.1) is 0 Å². The number of aromatic nitrogens is 3. The molecule has 0 bridgehead atoms. The van der Waals surface area contributed by atoms with Gasteiger partial charge in [-0.3, -0.25) is 10.2 Å². The molecule has 8 nitrogen and oxygen atoms in total. The molecule has 8 rings (SSSR count). The van der Waals surface area contributed by atoms with Gasteiger partial charge in [0.15, 0.2) is 18.4 Å². The lowest BCUT2D eigenvalue weighted by Gasteiger charge is -2.40. The summed E-state index contributed by atoms with van der Waals surface area (Å²) in [7, 11) is 0. The van der Waals surface area contributed by atoms with Crippen LogP contribution in [0.15, 0.2) is 24.3 Å². The third-order valence-electron chi connectivity index (χ3n) is 10.3. The van der Waals surface area contributed by atoms with E-state index in [-0.39, 0.29) is 48.0 Å². The van der Waals surface area contributed by atoms with Gasteiger partial charge in [-0.05, 0) is 92.6 Å². The van der Waals surface area contributed by atoms with Crippen molar-refractivity contribution in [2.24, 2.45) is 0 Å². The smallest absolute Gasteiger partial charge is 0.319 e. The number of aryl methyl sites for hydroxylation is 2. The zero-order valence-electron chi connectivity index (χ0n) is 27.1. The van der Waals surface area contributed by atoms with Crippen LogP contribution in [0, 0.1) is 11.6 Å². The Balaban J connectivity index is 0.00000172. The number of rotatable bonds is 5. The molecule has 47 heavy (non-hydrogen) atoms. The van der Waals surface area contributed by atoms with Gasteiger partial charge in [0.1, 0.15) is 29.5 Å². The van der Waals surface area contributed by atoms with E-state index in [1.807, 2.05) is 20.8 Å². The average molecular weight is 652 g/mol. The fourth-order valence-electron chi connectivity index (χ4n) is 8.20. The summed E-state index contributed by atoms with van der Waals surface area (Å²) < 4.78 is 68.4. The molecule has 0 aliphatic carbocycles. The van der Waals surface area contributed by atoms with E-state index >= 15 is 13.2 Å². The van der Waals surface area contributed by atoms with E-state index in [0.717, 1.165) is 38.8 Å². The summed E-state index contributed by atoms with van der Waals surface area (Å²) in [6, 6.07) is 5.54. The Bertz CT molecular complexity index is 1830. The molecular formula is C35H41F4N7O. The summed E-state index contributed by atoms with van der Waals surface area (Å²) in [6.07, 6.45) is 1.75. The number of hydrogen-bond acceptors (Lipinski definition) is 8. The van der Waals surface area contributed by atoms with Crippen molar-refractivity contribution in [2.45, 2.75) is 89.9 Å². The van der Waals surface area contributed by atoms with E-state index in [0.29, 0.717) is 51.7 Å². The van der Waals surface area contributed by atoms with Crippen molar-refractivity contribution in [3.63, 3.8) is 0 Å². The van der Waals surface area contributed by atoms with E-state index in [4.69, 9.17) is 20.4 Å². The number of benzene rings is 2. The highest BCUT2D eigenvalue weighted by atomic mass is 19.2. The van der Waals surface area contributed by atoms with Gasteiger partial charge in [-0.1, -0.05) is 26.8 Å². The fraction of sp³-hybridized carbons (Fsp3) is 0.514. The van der Waals surface area contributed by atoms with Gasteiger partial charge in [-0.2, -0.15) is 9.97 Å². The van der Waals surface area contributed by atoms with Crippen molar-refractivity contribution < 1.29 is 22.3 Å². The van der Waals surface area contributed by atoms with Crippen LogP contribution in [0.5, 0.6) is 6.01 Å². The molecule has 12 heteroatoms. The fourth-order valence-corrected chi connectivity index (χ4v) is 8.20. The third kappa shape index (κ3) is 5.24. The number of pyridine rings is 1. The highest BCUT2D eigenvalue weighted by molar-refractivity contribution is 6.03. The molecule has 4 aliphatic heterocycles. The largest absolute Gasteiger partial charge is 0.461 e. The first kappa shape index (κ1) is 31.8. The van der Waals surface area contributed by atoms with Crippen molar-refractivity contribution in [2.75, 3.05) is 36.9 Å². The summed E-state index contributed by atoms with van der Waals surface area (Å²) in [5.41, 5.74) is 7.69. The SMILES string of the molecule is CC.CCc1c(F)ccc2cc(N)cc(-c3nc4c5c(nc(OCC67CCCN6CCC7)nc5c3F)N3CC(F)NC(F)C3CC4)c12. The summed E-state index contributed by atoms with van der Waals surface area (Å²) >= 11 is 0. The van der Waals surface area contributed by atoms with Gasteiger partial charge >= 0.3 is 6.01 Å². The number of halogens is 4. The minimum absolute atomic E-state index is 0.0276. The summed E-state index contributed by atoms with van der Waals surface area (Å²) in [5.74, 6) is -0.937. The van der Waals surface area contributed by atoms with Crippen molar-refractivity contribution >= 4 is 33.2 Å².